The maximum Gasteiger partial charge on any atom is 0.312 e. The van der Waals surface area contributed by atoms with Gasteiger partial charge in [-0.05, 0) is 44.4 Å². The van der Waals surface area contributed by atoms with E-state index in [0.717, 1.165) is 46.5 Å². The van der Waals surface area contributed by atoms with E-state index in [9.17, 15) is 39.0 Å². The van der Waals surface area contributed by atoms with E-state index in [2.05, 4.69) is 6.92 Å². The zero-order valence-electron chi connectivity index (χ0n) is 31.6. The standard InChI is InChI=1S/C38H56O14/c1-9-11-12-13-14-16-32(43)51-29-20-28(49-24(5)40)36(7)27(48-23(4)39)18-17-26(21-47-31(42)15-10-2)19-30-38(46,22(3)35(44)52-30)34(50-25(6)41)33(36)37(29,8)45/h17-19,22,27-30,33-34,45-46H,9-16,20-21H2,1-8H3/b18-17-,26-19+/t22-,27-,28-,29+,30-,33+,34-,36-,37+,38-/m0/s1. The van der Waals surface area contributed by atoms with E-state index >= 15 is 0 Å². The van der Waals surface area contributed by atoms with Gasteiger partial charge in [0.1, 0.15) is 36.6 Å². The fourth-order valence-electron chi connectivity index (χ4n) is 7.83. The van der Waals surface area contributed by atoms with Crippen LogP contribution < -0.4 is 0 Å². The minimum Gasteiger partial charge on any atom is -0.462 e. The van der Waals surface area contributed by atoms with E-state index in [1.54, 1.807) is 6.92 Å². The molecule has 0 spiro atoms. The van der Waals surface area contributed by atoms with Crippen molar-refractivity contribution in [1.82, 2.24) is 0 Å². The Kier molecular flexibility index (Phi) is 14.6. The fraction of sp³-hybridized carbons (Fsp3) is 0.737. The van der Waals surface area contributed by atoms with Crippen molar-refractivity contribution in [2.75, 3.05) is 6.61 Å². The summed E-state index contributed by atoms with van der Waals surface area (Å²) in [6.07, 6.45) is 1.56. The molecule has 0 bridgehead atoms. The van der Waals surface area contributed by atoms with Crippen LogP contribution in [0.5, 0.6) is 0 Å². The molecule has 3 rings (SSSR count). The van der Waals surface area contributed by atoms with Crippen LogP contribution in [0.2, 0.25) is 0 Å². The molecule has 14 nitrogen and oxygen atoms in total. The van der Waals surface area contributed by atoms with Gasteiger partial charge in [-0.3, -0.25) is 28.8 Å². The molecule has 10 atom stereocenters. The molecular formula is C38H56O14. The summed E-state index contributed by atoms with van der Waals surface area (Å²) in [6.45, 7) is 11.2. The number of carbonyl (C=O) groups is 6. The Bertz CT molecular complexity index is 1400. The first-order valence-corrected chi connectivity index (χ1v) is 18.2. The van der Waals surface area contributed by atoms with Gasteiger partial charge in [-0.1, -0.05) is 52.5 Å². The number of esters is 6. The van der Waals surface area contributed by atoms with Gasteiger partial charge in [-0.2, -0.15) is 0 Å². The van der Waals surface area contributed by atoms with Crippen molar-refractivity contribution in [2.45, 2.75) is 155 Å². The molecule has 1 aliphatic heterocycles. The summed E-state index contributed by atoms with van der Waals surface area (Å²) < 4.78 is 34.7. The van der Waals surface area contributed by atoms with Gasteiger partial charge < -0.3 is 38.6 Å². The van der Waals surface area contributed by atoms with Crippen molar-refractivity contribution in [2.24, 2.45) is 17.3 Å². The zero-order valence-corrected chi connectivity index (χ0v) is 31.6. The van der Waals surface area contributed by atoms with Crippen LogP contribution in [0.3, 0.4) is 0 Å². The molecule has 52 heavy (non-hydrogen) atoms. The van der Waals surface area contributed by atoms with E-state index in [1.807, 2.05) is 0 Å². The van der Waals surface area contributed by atoms with Gasteiger partial charge in [0, 0.05) is 46.0 Å². The van der Waals surface area contributed by atoms with Gasteiger partial charge in [-0.15, -0.1) is 0 Å². The van der Waals surface area contributed by atoms with Crippen molar-refractivity contribution in [1.29, 1.82) is 0 Å². The summed E-state index contributed by atoms with van der Waals surface area (Å²) >= 11 is 0. The molecule has 1 heterocycles. The van der Waals surface area contributed by atoms with Gasteiger partial charge in [-0.25, -0.2) is 0 Å². The molecule has 3 aliphatic rings. The first kappa shape index (κ1) is 42.6. The zero-order chi connectivity index (χ0) is 39.0. The summed E-state index contributed by atoms with van der Waals surface area (Å²) in [4.78, 5) is 77.3. The Labute approximate surface area is 305 Å². The average molecular weight is 737 g/mol. The Balaban J connectivity index is 2.33. The van der Waals surface area contributed by atoms with Crippen LogP contribution in [-0.4, -0.2) is 94.4 Å². The van der Waals surface area contributed by atoms with Crippen molar-refractivity contribution >= 4 is 35.8 Å². The molecule has 2 N–H and O–H groups in total. The summed E-state index contributed by atoms with van der Waals surface area (Å²) in [7, 11) is 0. The molecule has 14 heteroatoms. The predicted octanol–water partition coefficient (Wildman–Crippen LogP) is 3.96. The fourth-order valence-corrected chi connectivity index (χ4v) is 7.83. The molecule has 0 unspecified atom stereocenters. The molecule has 2 aliphatic carbocycles. The molecule has 0 aromatic carbocycles. The largest absolute Gasteiger partial charge is 0.462 e. The Hall–Kier alpha value is -3.78. The van der Waals surface area contributed by atoms with E-state index in [0.29, 0.717) is 12.8 Å². The minimum absolute atomic E-state index is 0.0461. The SMILES string of the molecule is CCCCCCCC(=O)O[C@@H]1C[C@H](OC(C)=O)[C@]2(C)[C@@H](OC(C)=O)/C=C\C(COC(=O)CCC)=C/[C@@H]3OC(=O)[C@H](C)[C@@]3(O)[C@@H](OC(C)=O)[C@H]2[C@]1(C)O. The number of rotatable bonds is 14. The summed E-state index contributed by atoms with van der Waals surface area (Å²) in [5, 5.41) is 25.5. The van der Waals surface area contributed by atoms with Crippen molar-refractivity contribution < 1.29 is 67.4 Å². The van der Waals surface area contributed by atoms with E-state index in [4.69, 9.17) is 28.4 Å². The van der Waals surface area contributed by atoms with E-state index < -0.39 is 94.8 Å². The average Bonchev–Trinajstić information content (AvgIpc) is 3.26. The van der Waals surface area contributed by atoms with Gasteiger partial charge in [0.2, 0.25) is 0 Å². The van der Waals surface area contributed by atoms with Crippen LogP contribution in [0.4, 0.5) is 0 Å². The molecule has 292 valence electrons. The minimum atomic E-state index is -2.42. The van der Waals surface area contributed by atoms with Crippen LogP contribution in [0, 0.1) is 17.3 Å². The number of carbonyl (C=O) groups excluding carboxylic acids is 6. The molecule has 0 amide bonds. The number of ether oxygens (including phenoxy) is 6. The first-order chi connectivity index (χ1) is 24.3. The monoisotopic (exact) mass is 736 g/mol. The van der Waals surface area contributed by atoms with Crippen LogP contribution in [0.1, 0.15) is 113 Å². The van der Waals surface area contributed by atoms with Gasteiger partial charge in [0.15, 0.2) is 11.7 Å². The van der Waals surface area contributed by atoms with Crippen LogP contribution in [-0.2, 0) is 57.2 Å². The third-order valence-corrected chi connectivity index (χ3v) is 10.5. The maximum atomic E-state index is 13.3. The third kappa shape index (κ3) is 9.41. The van der Waals surface area contributed by atoms with E-state index in [-0.39, 0.29) is 31.4 Å². The summed E-state index contributed by atoms with van der Waals surface area (Å²) in [5.74, 6) is -7.38. The second kappa shape index (κ2) is 17.8. The molecular weight excluding hydrogens is 680 g/mol. The number of unbranched alkanes of at least 4 members (excludes halogenated alkanes) is 4. The summed E-state index contributed by atoms with van der Waals surface area (Å²) in [5.41, 5.74) is -6.14. The topological polar surface area (TPSA) is 198 Å². The Morgan fingerprint density at radius 2 is 1.46 bits per heavy atom. The lowest BCUT2D eigenvalue weighted by Crippen LogP contribution is -2.74. The van der Waals surface area contributed by atoms with Crippen molar-refractivity contribution in [3.05, 3.63) is 23.8 Å². The lowest BCUT2D eigenvalue weighted by Gasteiger charge is -2.60. The number of fused-ring (bicyclic) bond motifs is 2. The lowest BCUT2D eigenvalue weighted by atomic mass is 9.51. The van der Waals surface area contributed by atoms with Gasteiger partial charge in [0.05, 0.1) is 11.3 Å². The second-order valence-electron chi connectivity index (χ2n) is 14.6. The molecule has 2 fully saturated rings. The van der Waals surface area contributed by atoms with Crippen LogP contribution in [0.15, 0.2) is 23.8 Å². The van der Waals surface area contributed by atoms with E-state index in [1.165, 1.54) is 39.0 Å². The van der Waals surface area contributed by atoms with Gasteiger partial charge in [0.25, 0.3) is 0 Å². The molecule has 0 aromatic rings. The number of aliphatic hydroxyl groups is 2. The quantitative estimate of drug-likeness (QED) is 0.148. The molecule has 1 saturated heterocycles. The normalized spacial score (nSPS) is 35.7. The summed E-state index contributed by atoms with van der Waals surface area (Å²) in [6, 6.07) is 0. The molecule has 0 aromatic heterocycles. The Morgan fingerprint density at radius 3 is 2.06 bits per heavy atom. The molecule has 0 radical (unpaired) electrons. The third-order valence-electron chi connectivity index (χ3n) is 10.5. The van der Waals surface area contributed by atoms with Gasteiger partial charge >= 0.3 is 35.8 Å². The Morgan fingerprint density at radius 1 is 0.827 bits per heavy atom. The van der Waals surface area contributed by atoms with Crippen molar-refractivity contribution in [3.63, 3.8) is 0 Å². The lowest BCUT2D eigenvalue weighted by molar-refractivity contribution is -0.286. The predicted molar refractivity (Wildman–Crippen MR) is 184 cm³/mol. The van der Waals surface area contributed by atoms with Crippen LogP contribution >= 0.6 is 0 Å². The first-order valence-electron chi connectivity index (χ1n) is 18.2. The van der Waals surface area contributed by atoms with Crippen LogP contribution in [0.25, 0.3) is 0 Å². The molecule has 1 saturated carbocycles. The smallest absolute Gasteiger partial charge is 0.312 e. The maximum absolute atomic E-state index is 13.3. The number of hydrogen-bond acceptors (Lipinski definition) is 14. The highest BCUT2D eigenvalue weighted by atomic mass is 16.6. The second-order valence-corrected chi connectivity index (χ2v) is 14.6. The highest BCUT2D eigenvalue weighted by Gasteiger charge is 2.72. The number of hydrogen-bond donors (Lipinski definition) is 2. The highest BCUT2D eigenvalue weighted by molar-refractivity contribution is 5.78. The van der Waals surface area contributed by atoms with Crippen molar-refractivity contribution in [3.8, 4) is 0 Å². The highest BCUT2D eigenvalue weighted by Crippen LogP contribution is 2.58.